The number of hydrogen-bond acceptors (Lipinski definition) is 4. The monoisotopic (exact) mass is 261 g/mol. The molecule has 0 spiro atoms. The highest BCUT2D eigenvalue weighted by molar-refractivity contribution is 7.91. The quantitative estimate of drug-likeness (QED) is 0.779. The molecule has 0 amide bonds. The van der Waals surface area contributed by atoms with E-state index in [1.54, 1.807) is 19.9 Å². The standard InChI is InChI=1S/C10H15NO3S2/c1-7(2)11(4)16(13,14)10-6-5-9(15-10)8(3)12/h5-7H,1-4H3. The van der Waals surface area contributed by atoms with Gasteiger partial charge in [0.1, 0.15) is 4.21 Å². The van der Waals surface area contributed by atoms with Crippen molar-refractivity contribution in [1.82, 2.24) is 4.31 Å². The van der Waals surface area contributed by atoms with Gasteiger partial charge in [-0.15, -0.1) is 11.3 Å². The number of rotatable bonds is 4. The summed E-state index contributed by atoms with van der Waals surface area (Å²) >= 11 is 1.01. The second kappa shape index (κ2) is 4.65. The maximum Gasteiger partial charge on any atom is 0.252 e. The topological polar surface area (TPSA) is 54.5 Å². The minimum Gasteiger partial charge on any atom is -0.294 e. The Morgan fingerprint density at radius 2 is 1.94 bits per heavy atom. The van der Waals surface area contributed by atoms with E-state index in [0.717, 1.165) is 11.3 Å². The van der Waals surface area contributed by atoms with Crippen LogP contribution in [0.1, 0.15) is 30.4 Å². The highest BCUT2D eigenvalue weighted by atomic mass is 32.2. The molecular weight excluding hydrogens is 246 g/mol. The lowest BCUT2D eigenvalue weighted by Gasteiger charge is -2.19. The number of hydrogen-bond donors (Lipinski definition) is 0. The molecular formula is C10H15NO3S2. The molecule has 0 fully saturated rings. The summed E-state index contributed by atoms with van der Waals surface area (Å²) in [6.07, 6.45) is 0. The summed E-state index contributed by atoms with van der Waals surface area (Å²) in [5.74, 6) is -0.112. The van der Waals surface area contributed by atoms with Gasteiger partial charge in [-0.05, 0) is 32.9 Å². The van der Waals surface area contributed by atoms with Crippen LogP contribution >= 0.6 is 11.3 Å². The lowest BCUT2D eigenvalue weighted by Crippen LogP contribution is -2.32. The molecule has 4 nitrogen and oxygen atoms in total. The largest absolute Gasteiger partial charge is 0.294 e. The molecule has 1 aromatic heterocycles. The van der Waals surface area contributed by atoms with Crippen LogP contribution in [-0.2, 0) is 10.0 Å². The molecule has 0 saturated carbocycles. The molecule has 0 radical (unpaired) electrons. The Morgan fingerprint density at radius 1 is 1.38 bits per heavy atom. The number of Topliss-reactive ketones (excluding diaryl/α,β-unsaturated/α-hetero) is 1. The summed E-state index contributed by atoms with van der Waals surface area (Å²) in [7, 11) is -1.92. The third-order valence-electron chi connectivity index (χ3n) is 2.29. The molecule has 0 saturated heterocycles. The Bertz CT molecular complexity index is 488. The van der Waals surface area contributed by atoms with Crippen molar-refractivity contribution in [3.8, 4) is 0 Å². The minimum atomic E-state index is -3.45. The van der Waals surface area contributed by atoms with Crippen LogP contribution in [0.2, 0.25) is 0 Å². The summed E-state index contributed by atoms with van der Waals surface area (Å²) in [5.41, 5.74) is 0. The molecule has 0 bridgehead atoms. The van der Waals surface area contributed by atoms with Crippen molar-refractivity contribution in [3.05, 3.63) is 17.0 Å². The van der Waals surface area contributed by atoms with Crippen LogP contribution in [-0.4, -0.2) is 31.6 Å². The summed E-state index contributed by atoms with van der Waals surface area (Å²) in [6, 6.07) is 2.93. The number of thiophene rings is 1. The Hall–Kier alpha value is -0.720. The Balaban J connectivity index is 3.13. The van der Waals surface area contributed by atoms with E-state index in [4.69, 9.17) is 0 Å². The third kappa shape index (κ3) is 2.50. The molecule has 1 rings (SSSR count). The van der Waals surface area contributed by atoms with E-state index in [2.05, 4.69) is 0 Å². The molecule has 1 heterocycles. The highest BCUT2D eigenvalue weighted by Gasteiger charge is 2.25. The Kier molecular flexibility index (Phi) is 3.88. The Morgan fingerprint density at radius 3 is 2.31 bits per heavy atom. The van der Waals surface area contributed by atoms with Crippen LogP contribution in [0.25, 0.3) is 0 Å². The fourth-order valence-electron chi connectivity index (χ4n) is 1.07. The smallest absolute Gasteiger partial charge is 0.252 e. The molecule has 0 aliphatic carbocycles. The third-order valence-corrected chi connectivity index (χ3v) is 5.98. The fraction of sp³-hybridized carbons (Fsp3) is 0.500. The van der Waals surface area contributed by atoms with Crippen molar-refractivity contribution in [3.63, 3.8) is 0 Å². The number of carbonyl (C=O) groups is 1. The molecule has 0 unspecified atom stereocenters. The van der Waals surface area contributed by atoms with Gasteiger partial charge in [0.25, 0.3) is 10.0 Å². The molecule has 16 heavy (non-hydrogen) atoms. The van der Waals surface area contributed by atoms with Crippen LogP contribution in [0, 0.1) is 0 Å². The van der Waals surface area contributed by atoms with Gasteiger partial charge >= 0.3 is 0 Å². The zero-order chi connectivity index (χ0) is 12.5. The maximum atomic E-state index is 12.0. The second-order valence-corrected chi connectivity index (χ2v) is 7.10. The van der Waals surface area contributed by atoms with Gasteiger partial charge in [0.15, 0.2) is 5.78 Å². The second-order valence-electron chi connectivity index (χ2n) is 3.79. The predicted octanol–water partition coefficient (Wildman–Crippen LogP) is 1.98. The van der Waals surface area contributed by atoms with E-state index in [-0.39, 0.29) is 16.0 Å². The summed E-state index contributed by atoms with van der Waals surface area (Å²) in [4.78, 5) is 11.6. The number of carbonyl (C=O) groups excluding carboxylic acids is 1. The predicted molar refractivity (Wildman–Crippen MR) is 64.4 cm³/mol. The number of sulfonamides is 1. The van der Waals surface area contributed by atoms with Gasteiger partial charge in [-0.25, -0.2) is 8.42 Å². The SMILES string of the molecule is CC(=O)c1ccc(S(=O)(=O)N(C)C(C)C)s1. The van der Waals surface area contributed by atoms with Crippen molar-refractivity contribution >= 4 is 27.1 Å². The van der Waals surface area contributed by atoms with Gasteiger partial charge < -0.3 is 0 Å². The van der Waals surface area contributed by atoms with Gasteiger partial charge in [-0.1, -0.05) is 0 Å². The summed E-state index contributed by atoms with van der Waals surface area (Å²) in [5, 5.41) is 0. The lowest BCUT2D eigenvalue weighted by atomic mass is 10.4. The average molecular weight is 261 g/mol. The first kappa shape index (κ1) is 13.3. The lowest BCUT2D eigenvalue weighted by molar-refractivity contribution is 0.102. The molecule has 0 aromatic carbocycles. The number of nitrogens with zero attached hydrogens (tertiary/aromatic N) is 1. The van der Waals surface area contributed by atoms with Crippen LogP contribution in [0.5, 0.6) is 0 Å². The first-order chi connectivity index (χ1) is 7.26. The van der Waals surface area contributed by atoms with E-state index in [1.165, 1.54) is 24.3 Å². The van der Waals surface area contributed by atoms with E-state index >= 15 is 0 Å². The van der Waals surface area contributed by atoms with Gasteiger partial charge in [0, 0.05) is 13.1 Å². The van der Waals surface area contributed by atoms with E-state index in [1.807, 2.05) is 0 Å². The van der Waals surface area contributed by atoms with Crippen LogP contribution in [0.15, 0.2) is 16.3 Å². The van der Waals surface area contributed by atoms with Gasteiger partial charge in [0.2, 0.25) is 0 Å². The zero-order valence-corrected chi connectivity index (χ0v) is 11.4. The van der Waals surface area contributed by atoms with Crippen molar-refractivity contribution < 1.29 is 13.2 Å². The molecule has 90 valence electrons. The summed E-state index contributed by atoms with van der Waals surface area (Å²) < 4.78 is 25.6. The minimum absolute atomic E-state index is 0.104. The van der Waals surface area contributed by atoms with Crippen LogP contribution in [0.4, 0.5) is 0 Å². The molecule has 0 aliphatic heterocycles. The van der Waals surface area contributed by atoms with Crippen molar-refractivity contribution in [2.75, 3.05) is 7.05 Å². The highest BCUT2D eigenvalue weighted by Crippen LogP contribution is 2.25. The Labute approximate surface area is 99.9 Å². The van der Waals surface area contributed by atoms with Crippen LogP contribution in [0.3, 0.4) is 0 Å². The first-order valence-electron chi connectivity index (χ1n) is 4.85. The first-order valence-corrected chi connectivity index (χ1v) is 7.11. The zero-order valence-electron chi connectivity index (χ0n) is 9.72. The average Bonchev–Trinajstić information content (AvgIpc) is 2.65. The normalized spacial score (nSPS) is 12.4. The van der Waals surface area contributed by atoms with Crippen molar-refractivity contribution in [1.29, 1.82) is 0 Å². The van der Waals surface area contributed by atoms with Gasteiger partial charge in [-0.3, -0.25) is 4.79 Å². The summed E-state index contributed by atoms with van der Waals surface area (Å²) in [6.45, 7) is 5.03. The van der Waals surface area contributed by atoms with Crippen molar-refractivity contribution in [2.24, 2.45) is 0 Å². The van der Waals surface area contributed by atoms with E-state index in [9.17, 15) is 13.2 Å². The molecule has 1 aromatic rings. The van der Waals surface area contributed by atoms with Crippen molar-refractivity contribution in [2.45, 2.75) is 31.0 Å². The van der Waals surface area contributed by atoms with E-state index in [0.29, 0.717) is 4.88 Å². The fourth-order valence-corrected chi connectivity index (χ4v) is 3.82. The van der Waals surface area contributed by atoms with Gasteiger partial charge in [-0.2, -0.15) is 4.31 Å². The van der Waals surface area contributed by atoms with Gasteiger partial charge in [0.05, 0.1) is 4.88 Å². The van der Waals surface area contributed by atoms with E-state index < -0.39 is 10.0 Å². The molecule has 0 aliphatic rings. The molecule has 0 atom stereocenters. The number of ketones is 1. The molecule has 0 N–H and O–H groups in total. The molecule has 6 heteroatoms. The maximum absolute atomic E-state index is 12.0. The van der Waals surface area contributed by atoms with Crippen LogP contribution < -0.4 is 0 Å².